The maximum Gasteiger partial charge on any atom is 0.243 e. The van der Waals surface area contributed by atoms with Crippen LogP contribution in [0.25, 0.3) is 0 Å². The summed E-state index contributed by atoms with van der Waals surface area (Å²) in [5, 5.41) is 5.07. The minimum atomic E-state index is -0.522. The van der Waals surface area contributed by atoms with Gasteiger partial charge in [0.2, 0.25) is 5.91 Å². The molecule has 14 heavy (non-hydrogen) atoms. The Morgan fingerprint density at radius 1 is 1.64 bits per heavy atom. The predicted octanol–water partition coefficient (Wildman–Crippen LogP) is 1.45. The van der Waals surface area contributed by atoms with Gasteiger partial charge in [-0.1, -0.05) is 20.8 Å². The highest BCUT2D eigenvalue weighted by molar-refractivity contribution is 7.13. The van der Waals surface area contributed by atoms with Crippen molar-refractivity contribution in [2.45, 2.75) is 26.8 Å². The molecule has 0 fully saturated rings. The Bertz CT molecular complexity index is 302. The molecule has 0 bridgehead atoms. The zero-order valence-electron chi connectivity index (χ0n) is 8.57. The van der Waals surface area contributed by atoms with E-state index in [4.69, 9.17) is 5.73 Å². The standard InChI is InChI=1S/C9H15N3OS/c1-9(2,3)6(10)7(13)12-8-11-4-5-14-8/h4-6H,10H2,1-3H3,(H,11,12,13). The van der Waals surface area contributed by atoms with Crippen LogP contribution in [0.5, 0.6) is 0 Å². The van der Waals surface area contributed by atoms with Crippen LogP contribution in [-0.2, 0) is 4.79 Å². The van der Waals surface area contributed by atoms with Crippen LogP contribution in [0.2, 0.25) is 0 Å². The predicted molar refractivity (Wildman–Crippen MR) is 58.2 cm³/mol. The molecule has 78 valence electrons. The summed E-state index contributed by atoms with van der Waals surface area (Å²) in [4.78, 5) is 15.5. The molecule has 1 heterocycles. The first-order valence-electron chi connectivity index (χ1n) is 4.37. The molecule has 1 rings (SSSR count). The van der Waals surface area contributed by atoms with Crippen molar-refractivity contribution in [2.75, 3.05) is 5.32 Å². The van der Waals surface area contributed by atoms with Gasteiger partial charge in [0.05, 0.1) is 6.04 Å². The van der Waals surface area contributed by atoms with Gasteiger partial charge in [-0.15, -0.1) is 11.3 Å². The average molecular weight is 213 g/mol. The number of carbonyl (C=O) groups is 1. The second-order valence-corrected chi connectivity index (χ2v) is 5.06. The molecule has 1 unspecified atom stereocenters. The largest absolute Gasteiger partial charge is 0.319 e. The van der Waals surface area contributed by atoms with Gasteiger partial charge in [-0.05, 0) is 5.41 Å². The number of amides is 1. The Hall–Kier alpha value is -0.940. The number of nitrogens with one attached hydrogen (secondary N) is 1. The highest BCUT2D eigenvalue weighted by Crippen LogP contribution is 2.19. The quantitative estimate of drug-likeness (QED) is 0.781. The Balaban J connectivity index is 2.59. The van der Waals surface area contributed by atoms with Crippen molar-refractivity contribution in [2.24, 2.45) is 11.1 Å². The number of thiazole rings is 1. The summed E-state index contributed by atoms with van der Waals surface area (Å²) in [5.74, 6) is -0.188. The third kappa shape index (κ3) is 2.78. The summed E-state index contributed by atoms with van der Waals surface area (Å²) >= 11 is 1.38. The molecule has 0 radical (unpaired) electrons. The number of rotatable bonds is 2. The molecule has 3 N–H and O–H groups in total. The second-order valence-electron chi connectivity index (χ2n) is 4.17. The number of aromatic nitrogens is 1. The lowest BCUT2D eigenvalue weighted by Gasteiger charge is -2.25. The first-order chi connectivity index (χ1) is 6.41. The van der Waals surface area contributed by atoms with Gasteiger partial charge in [0.25, 0.3) is 0 Å². The van der Waals surface area contributed by atoms with Crippen LogP contribution in [-0.4, -0.2) is 16.9 Å². The van der Waals surface area contributed by atoms with Crippen molar-refractivity contribution in [3.8, 4) is 0 Å². The van der Waals surface area contributed by atoms with E-state index in [1.54, 1.807) is 11.6 Å². The number of nitrogens with two attached hydrogens (primary N) is 1. The first kappa shape index (κ1) is 11.1. The fraction of sp³-hybridized carbons (Fsp3) is 0.556. The smallest absolute Gasteiger partial charge is 0.243 e. The van der Waals surface area contributed by atoms with Gasteiger partial charge in [-0.25, -0.2) is 4.98 Å². The van der Waals surface area contributed by atoms with Crippen molar-refractivity contribution < 1.29 is 4.79 Å². The highest BCUT2D eigenvalue weighted by Gasteiger charge is 2.27. The molecule has 1 aromatic rings. The zero-order valence-corrected chi connectivity index (χ0v) is 9.39. The minimum absolute atomic E-state index is 0.188. The van der Waals surface area contributed by atoms with Crippen LogP contribution in [0.4, 0.5) is 5.13 Å². The van der Waals surface area contributed by atoms with Gasteiger partial charge < -0.3 is 11.1 Å². The molecule has 0 aliphatic carbocycles. The third-order valence-electron chi connectivity index (χ3n) is 1.88. The second kappa shape index (κ2) is 4.06. The molecule has 0 aromatic carbocycles. The fourth-order valence-electron chi connectivity index (χ4n) is 0.862. The first-order valence-corrected chi connectivity index (χ1v) is 5.25. The number of carbonyl (C=O) groups excluding carboxylic acids is 1. The van der Waals surface area contributed by atoms with Gasteiger partial charge in [0.1, 0.15) is 0 Å². The van der Waals surface area contributed by atoms with Crippen LogP contribution >= 0.6 is 11.3 Å². The monoisotopic (exact) mass is 213 g/mol. The summed E-state index contributed by atoms with van der Waals surface area (Å²) in [5.41, 5.74) is 5.54. The summed E-state index contributed by atoms with van der Waals surface area (Å²) in [6.07, 6.45) is 1.64. The molecule has 1 atom stereocenters. The third-order valence-corrected chi connectivity index (χ3v) is 2.57. The van der Waals surface area contributed by atoms with Crippen LogP contribution in [0.15, 0.2) is 11.6 Å². The Morgan fingerprint density at radius 3 is 2.71 bits per heavy atom. The van der Waals surface area contributed by atoms with Crippen molar-refractivity contribution >= 4 is 22.4 Å². The van der Waals surface area contributed by atoms with E-state index in [1.807, 2.05) is 20.8 Å². The summed E-state index contributed by atoms with van der Waals surface area (Å²) in [6.45, 7) is 5.79. The number of hydrogen-bond donors (Lipinski definition) is 2. The van der Waals surface area contributed by atoms with E-state index < -0.39 is 6.04 Å². The molecule has 0 aliphatic heterocycles. The highest BCUT2D eigenvalue weighted by atomic mass is 32.1. The van der Waals surface area contributed by atoms with Crippen LogP contribution in [0.1, 0.15) is 20.8 Å². The molecule has 0 spiro atoms. The fourth-order valence-corrected chi connectivity index (χ4v) is 1.39. The van der Waals surface area contributed by atoms with E-state index in [1.165, 1.54) is 11.3 Å². The van der Waals surface area contributed by atoms with Crippen LogP contribution < -0.4 is 11.1 Å². The summed E-state index contributed by atoms with van der Waals surface area (Å²) in [6, 6.07) is -0.522. The maximum absolute atomic E-state index is 11.6. The van der Waals surface area contributed by atoms with Crippen molar-refractivity contribution in [3.05, 3.63) is 11.6 Å². The SMILES string of the molecule is CC(C)(C)C(N)C(=O)Nc1nccs1. The Kier molecular flexibility index (Phi) is 3.23. The van der Waals surface area contributed by atoms with E-state index in [2.05, 4.69) is 10.3 Å². The molecule has 1 aromatic heterocycles. The van der Waals surface area contributed by atoms with E-state index in [0.29, 0.717) is 5.13 Å². The molecule has 1 amide bonds. The molecule has 0 saturated carbocycles. The minimum Gasteiger partial charge on any atom is -0.319 e. The van der Waals surface area contributed by atoms with Gasteiger partial charge >= 0.3 is 0 Å². The maximum atomic E-state index is 11.6. The normalized spacial score (nSPS) is 13.7. The number of anilines is 1. The number of nitrogens with zero attached hydrogens (tertiary/aromatic N) is 1. The van der Waals surface area contributed by atoms with E-state index in [0.717, 1.165) is 0 Å². The Morgan fingerprint density at radius 2 is 2.29 bits per heavy atom. The van der Waals surface area contributed by atoms with Gasteiger partial charge in [0, 0.05) is 11.6 Å². The zero-order chi connectivity index (χ0) is 10.8. The van der Waals surface area contributed by atoms with E-state index in [9.17, 15) is 4.79 Å². The lowest BCUT2D eigenvalue weighted by molar-refractivity contribution is -0.119. The molecular formula is C9H15N3OS. The number of hydrogen-bond acceptors (Lipinski definition) is 4. The molecule has 0 aliphatic rings. The summed E-state index contributed by atoms with van der Waals surface area (Å²) in [7, 11) is 0. The van der Waals surface area contributed by atoms with Crippen LogP contribution in [0.3, 0.4) is 0 Å². The molecule has 0 saturated heterocycles. The lowest BCUT2D eigenvalue weighted by Crippen LogP contribution is -2.45. The van der Waals surface area contributed by atoms with Gasteiger partial charge in [-0.3, -0.25) is 4.79 Å². The molecule has 4 nitrogen and oxygen atoms in total. The average Bonchev–Trinajstić information content (AvgIpc) is 2.53. The van der Waals surface area contributed by atoms with Gasteiger partial charge in [0.15, 0.2) is 5.13 Å². The molecular weight excluding hydrogens is 198 g/mol. The lowest BCUT2D eigenvalue weighted by atomic mass is 9.87. The summed E-state index contributed by atoms with van der Waals surface area (Å²) < 4.78 is 0. The van der Waals surface area contributed by atoms with Gasteiger partial charge in [-0.2, -0.15) is 0 Å². The van der Waals surface area contributed by atoms with Crippen molar-refractivity contribution in [3.63, 3.8) is 0 Å². The van der Waals surface area contributed by atoms with Crippen LogP contribution in [0, 0.1) is 5.41 Å². The van der Waals surface area contributed by atoms with E-state index >= 15 is 0 Å². The topological polar surface area (TPSA) is 68.0 Å². The van der Waals surface area contributed by atoms with E-state index in [-0.39, 0.29) is 11.3 Å². The van der Waals surface area contributed by atoms with Crippen molar-refractivity contribution in [1.29, 1.82) is 0 Å². The van der Waals surface area contributed by atoms with Crippen molar-refractivity contribution in [1.82, 2.24) is 4.98 Å². The molecule has 5 heteroatoms. The Labute approximate surface area is 87.5 Å².